The van der Waals surface area contributed by atoms with Crippen molar-refractivity contribution < 1.29 is 14.6 Å². The Labute approximate surface area is 205 Å². The van der Waals surface area contributed by atoms with Crippen molar-refractivity contribution in [2.75, 3.05) is 6.54 Å². The van der Waals surface area contributed by atoms with Crippen LogP contribution in [-0.2, 0) is 9.59 Å². The first-order chi connectivity index (χ1) is 16.3. The third-order valence-electron chi connectivity index (χ3n) is 5.42. The third-order valence-corrected chi connectivity index (χ3v) is 5.42. The molecule has 0 saturated carbocycles. The lowest BCUT2D eigenvalue weighted by atomic mass is 10.1. The quantitative estimate of drug-likeness (QED) is 0.0543. The van der Waals surface area contributed by atoms with Gasteiger partial charge in [-0.05, 0) is 31.6 Å². The van der Waals surface area contributed by atoms with E-state index in [-0.39, 0.29) is 18.4 Å². The smallest absolute Gasteiger partial charge is 0.251 e. The highest BCUT2D eigenvalue weighted by atomic mass is 16.7. The average molecular weight is 484 g/mol. The number of rotatable bonds is 21. The van der Waals surface area contributed by atoms with Crippen LogP contribution in [0.15, 0.2) is 0 Å². The highest BCUT2D eigenvalue weighted by Gasteiger charge is 2.20. The summed E-state index contributed by atoms with van der Waals surface area (Å²) in [7, 11) is 0. The number of hydrogen-bond donors (Lipinski definition) is 5. The minimum absolute atomic E-state index is 0.140. The molecule has 0 aromatic heterocycles. The molecule has 0 aliphatic rings. The number of amides is 2. The Bertz CT molecular complexity index is 586. The summed E-state index contributed by atoms with van der Waals surface area (Å²) in [6.45, 7) is 8.30. The van der Waals surface area contributed by atoms with Gasteiger partial charge < -0.3 is 16.0 Å². The summed E-state index contributed by atoms with van der Waals surface area (Å²) in [5, 5.41) is 25.1. The summed E-state index contributed by atoms with van der Waals surface area (Å²) in [6.07, 6.45) is 13.9. The molecule has 0 saturated heterocycles. The number of hydrazine groups is 1. The SMILES string of the molecule is CCCCCCCCCCCCC(=O)N[C@@H](CCCNC(=N)N[N+](=O)[O-])C(=O)N[CH]CC(C)C. The molecule has 0 heterocycles. The first kappa shape index (κ1) is 31.6. The molecule has 0 aromatic rings. The Morgan fingerprint density at radius 2 is 1.56 bits per heavy atom. The van der Waals surface area contributed by atoms with Crippen LogP contribution < -0.4 is 21.4 Å². The second-order valence-corrected chi connectivity index (χ2v) is 9.21. The molecule has 2 amide bonds. The Morgan fingerprint density at radius 3 is 2.12 bits per heavy atom. The molecule has 0 rings (SSSR count). The normalized spacial score (nSPS) is 11.6. The minimum atomic E-state index is -0.816. The zero-order valence-electron chi connectivity index (χ0n) is 21.4. The van der Waals surface area contributed by atoms with E-state index < -0.39 is 17.0 Å². The largest absolute Gasteiger partial charge is 0.352 e. The molecule has 10 heteroatoms. The van der Waals surface area contributed by atoms with Gasteiger partial charge in [-0.15, -0.1) is 0 Å². The molecule has 0 aliphatic carbocycles. The molecule has 0 fully saturated rings. The lowest BCUT2D eigenvalue weighted by Gasteiger charge is -2.19. The molecule has 1 radical (unpaired) electrons. The van der Waals surface area contributed by atoms with E-state index in [2.05, 4.69) is 22.9 Å². The van der Waals surface area contributed by atoms with Crippen molar-refractivity contribution in [2.24, 2.45) is 5.92 Å². The maximum Gasteiger partial charge on any atom is 0.251 e. The van der Waals surface area contributed by atoms with Crippen molar-refractivity contribution in [2.45, 2.75) is 117 Å². The number of unbranched alkanes of at least 4 members (excludes halogenated alkanes) is 9. The van der Waals surface area contributed by atoms with Crippen LogP contribution in [0.5, 0.6) is 0 Å². The fourth-order valence-electron chi connectivity index (χ4n) is 3.45. The van der Waals surface area contributed by atoms with Gasteiger partial charge in [0.15, 0.2) is 5.03 Å². The van der Waals surface area contributed by atoms with Crippen LogP contribution in [0.1, 0.15) is 111 Å². The number of carbonyl (C=O) groups is 2. The zero-order chi connectivity index (χ0) is 25.6. The Balaban J connectivity index is 4.26. The number of nitro groups is 1. The molecule has 0 aliphatic heterocycles. The van der Waals surface area contributed by atoms with Crippen molar-refractivity contribution in [3.63, 3.8) is 0 Å². The van der Waals surface area contributed by atoms with Gasteiger partial charge in [-0.1, -0.05) is 84.0 Å². The number of nitrogens with zero attached hydrogens (tertiary/aromatic N) is 1. The topological polar surface area (TPSA) is 149 Å². The van der Waals surface area contributed by atoms with Gasteiger partial charge in [-0.25, -0.2) is 10.1 Å². The first-order valence-corrected chi connectivity index (χ1v) is 12.9. The van der Waals surface area contributed by atoms with Gasteiger partial charge in [0, 0.05) is 19.5 Å². The molecular weight excluding hydrogens is 436 g/mol. The number of hydrogen-bond acceptors (Lipinski definition) is 5. The van der Waals surface area contributed by atoms with E-state index in [1.807, 2.05) is 13.8 Å². The molecule has 1 atom stereocenters. The van der Waals surface area contributed by atoms with Crippen molar-refractivity contribution in [1.82, 2.24) is 21.4 Å². The van der Waals surface area contributed by atoms with Gasteiger partial charge in [0.05, 0.1) is 0 Å². The monoisotopic (exact) mass is 483 g/mol. The maximum absolute atomic E-state index is 12.6. The number of guanidine groups is 1. The number of carbonyl (C=O) groups excluding carboxylic acids is 2. The predicted octanol–water partition coefficient (Wildman–Crippen LogP) is 4.19. The summed E-state index contributed by atoms with van der Waals surface area (Å²) in [5.74, 6) is -0.412. The molecule has 0 bridgehead atoms. The van der Waals surface area contributed by atoms with E-state index in [0.29, 0.717) is 25.2 Å². The molecule has 10 nitrogen and oxygen atoms in total. The Hall–Kier alpha value is -2.39. The first-order valence-electron chi connectivity index (χ1n) is 12.9. The van der Waals surface area contributed by atoms with Crippen LogP contribution in [-0.4, -0.2) is 35.4 Å². The van der Waals surface area contributed by atoms with Crippen molar-refractivity contribution in [3.05, 3.63) is 16.7 Å². The van der Waals surface area contributed by atoms with Gasteiger partial charge in [0.1, 0.15) is 6.04 Å². The van der Waals surface area contributed by atoms with Crippen LogP contribution >= 0.6 is 0 Å². The van der Waals surface area contributed by atoms with Gasteiger partial charge in [0.2, 0.25) is 11.8 Å². The molecule has 5 N–H and O–H groups in total. The van der Waals surface area contributed by atoms with E-state index in [0.717, 1.165) is 25.7 Å². The van der Waals surface area contributed by atoms with Crippen molar-refractivity contribution in [3.8, 4) is 0 Å². The lowest BCUT2D eigenvalue weighted by molar-refractivity contribution is -0.525. The van der Waals surface area contributed by atoms with Gasteiger partial charge in [-0.2, -0.15) is 0 Å². The summed E-state index contributed by atoms with van der Waals surface area (Å²) >= 11 is 0. The molecule has 0 aromatic carbocycles. The highest BCUT2D eigenvalue weighted by molar-refractivity contribution is 5.87. The molecule has 0 spiro atoms. The lowest BCUT2D eigenvalue weighted by Crippen LogP contribution is -2.46. The van der Waals surface area contributed by atoms with Crippen molar-refractivity contribution >= 4 is 17.8 Å². The summed E-state index contributed by atoms with van der Waals surface area (Å²) in [6, 6.07) is -0.682. The fraction of sp³-hybridized carbons (Fsp3) is 0.833. The minimum Gasteiger partial charge on any atom is -0.352 e. The molecule has 0 unspecified atom stereocenters. The molecule has 34 heavy (non-hydrogen) atoms. The average Bonchev–Trinajstić information content (AvgIpc) is 2.76. The van der Waals surface area contributed by atoms with Crippen LogP contribution in [0.2, 0.25) is 0 Å². The zero-order valence-corrected chi connectivity index (χ0v) is 21.4. The van der Waals surface area contributed by atoms with E-state index in [1.165, 1.54) is 44.9 Å². The number of nitrogens with one attached hydrogen (secondary N) is 5. The highest BCUT2D eigenvalue weighted by Crippen LogP contribution is 2.11. The molecule has 197 valence electrons. The second-order valence-electron chi connectivity index (χ2n) is 9.21. The van der Waals surface area contributed by atoms with Crippen LogP contribution in [0, 0.1) is 28.0 Å². The van der Waals surface area contributed by atoms with Gasteiger partial charge in [0.25, 0.3) is 5.96 Å². The van der Waals surface area contributed by atoms with Gasteiger partial charge in [-0.3, -0.25) is 15.0 Å². The Morgan fingerprint density at radius 1 is 0.971 bits per heavy atom. The second kappa shape index (κ2) is 21.2. The van der Waals surface area contributed by atoms with Crippen LogP contribution in [0.25, 0.3) is 0 Å². The Kier molecular flexibility index (Phi) is 19.7. The van der Waals surface area contributed by atoms with E-state index >= 15 is 0 Å². The predicted molar refractivity (Wildman–Crippen MR) is 135 cm³/mol. The van der Waals surface area contributed by atoms with Crippen LogP contribution in [0.3, 0.4) is 0 Å². The van der Waals surface area contributed by atoms with Gasteiger partial charge >= 0.3 is 0 Å². The summed E-state index contributed by atoms with van der Waals surface area (Å²) in [5.41, 5.74) is 1.72. The van der Waals surface area contributed by atoms with E-state index in [4.69, 9.17) is 5.41 Å². The van der Waals surface area contributed by atoms with E-state index in [9.17, 15) is 19.7 Å². The summed E-state index contributed by atoms with van der Waals surface area (Å²) < 4.78 is 0. The standard InChI is InChI=1S/C24H47N6O4/c1-4-5-6-7-8-9-10-11-12-13-16-22(31)28-21(23(32)26-19-17-20(2)3)15-14-18-27-24(25)29-30(33)34/h19-21H,4-18H2,1-3H3,(H,26,32)(H,28,31)(H3,25,27,29)/t21-/m0/s1. The fourth-order valence-corrected chi connectivity index (χ4v) is 3.45. The summed E-state index contributed by atoms with van der Waals surface area (Å²) in [4.78, 5) is 35.3. The van der Waals surface area contributed by atoms with Crippen LogP contribution in [0.4, 0.5) is 0 Å². The van der Waals surface area contributed by atoms with Crippen molar-refractivity contribution in [1.29, 1.82) is 5.41 Å². The molecular formula is C24H47N6O4. The maximum atomic E-state index is 12.6. The van der Waals surface area contributed by atoms with E-state index in [1.54, 1.807) is 12.0 Å². The third kappa shape index (κ3) is 20.2.